The first kappa shape index (κ1) is 29.6. The average Bonchev–Trinajstić information content (AvgIpc) is 2.71. The van der Waals surface area contributed by atoms with Gasteiger partial charge in [0.25, 0.3) is 0 Å². The Balaban J connectivity index is 4.32. The Morgan fingerprint density at radius 1 is 0.667 bits per heavy atom. The standard InChI is InChI=1S/C24H49O5P/c1-5-9-10-11-12-14-17-20-23(30(26,28-7-3)29-8-4)21-18-15-13-16-19-22-24(25)27-6-2/h23H,5-22H2,1-4H3. The van der Waals surface area contributed by atoms with Crippen molar-refractivity contribution in [1.29, 1.82) is 0 Å². The molecule has 1 unspecified atom stereocenters. The van der Waals surface area contributed by atoms with Crippen molar-refractivity contribution in [2.24, 2.45) is 0 Å². The van der Waals surface area contributed by atoms with E-state index in [4.69, 9.17) is 13.8 Å². The molecule has 180 valence electrons. The van der Waals surface area contributed by atoms with Crippen molar-refractivity contribution >= 4 is 13.6 Å². The van der Waals surface area contributed by atoms with Crippen LogP contribution in [0.25, 0.3) is 0 Å². The van der Waals surface area contributed by atoms with E-state index >= 15 is 0 Å². The van der Waals surface area contributed by atoms with Crippen LogP contribution in [0.15, 0.2) is 0 Å². The normalized spacial score (nSPS) is 12.8. The fourth-order valence-corrected chi connectivity index (χ4v) is 6.03. The first-order valence-electron chi connectivity index (χ1n) is 12.6. The molecule has 0 rings (SSSR count). The first-order chi connectivity index (χ1) is 14.5. The van der Waals surface area contributed by atoms with Crippen molar-refractivity contribution < 1.29 is 23.1 Å². The van der Waals surface area contributed by atoms with Crippen LogP contribution in [-0.4, -0.2) is 31.4 Å². The summed E-state index contributed by atoms with van der Waals surface area (Å²) in [6, 6.07) is 0. The maximum absolute atomic E-state index is 13.3. The molecule has 0 aromatic rings. The quantitative estimate of drug-likeness (QED) is 0.0952. The van der Waals surface area contributed by atoms with Crippen LogP contribution in [0.5, 0.6) is 0 Å². The molecule has 0 aliphatic heterocycles. The smallest absolute Gasteiger partial charge is 0.333 e. The van der Waals surface area contributed by atoms with Crippen molar-refractivity contribution in [2.45, 2.75) is 130 Å². The lowest BCUT2D eigenvalue weighted by Crippen LogP contribution is -2.14. The van der Waals surface area contributed by atoms with Crippen molar-refractivity contribution in [2.75, 3.05) is 19.8 Å². The summed E-state index contributed by atoms with van der Waals surface area (Å²) in [5.74, 6) is -0.0957. The maximum Gasteiger partial charge on any atom is 0.333 e. The van der Waals surface area contributed by atoms with Gasteiger partial charge in [0.1, 0.15) is 0 Å². The van der Waals surface area contributed by atoms with E-state index in [1.807, 2.05) is 20.8 Å². The molecule has 0 aliphatic carbocycles. The molecule has 30 heavy (non-hydrogen) atoms. The molecule has 0 aromatic heterocycles. The molecule has 1 atom stereocenters. The number of rotatable bonds is 22. The molecule has 0 N–H and O–H groups in total. The molecule has 0 radical (unpaired) electrons. The summed E-state index contributed by atoms with van der Waals surface area (Å²) in [6.45, 7) is 9.17. The Morgan fingerprint density at radius 2 is 1.13 bits per heavy atom. The summed E-state index contributed by atoms with van der Waals surface area (Å²) in [4.78, 5) is 11.4. The van der Waals surface area contributed by atoms with Crippen LogP contribution >= 0.6 is 7.60 Å². The zero-order valence-electron chi connectivity index (χ0n) is 20.3. The largest absolute Gasteiger partial charge is 0.466 e. The van der Waals surface area contributed by atoms with E-state index in [9.17, 15) is 9.36 Å². The van der Waals surface area contributed by atoms with E-state index in [0.29, 0.717) is 26.2 Å². The zero-order valence-corrected chi connectivity index (χ0v) is 21.2. The summed E-state index contributed by atoms with van der Waals surface area (Å²) >= 11 is 0. The van der Waals surface area contributed by atoms with Crippen LogP contribution in [0.1, 0.15) is 124 Å². The lowest BCUT2D eigenvalue weighted by Gasteiger charge is -2.26. The van der Waals surface area contributed by atoms with Gasteiger partial charge < -0.3 is 13.8 Å². The van der Waals surface area contributed by atoms with E-state index in [2.05, 4.69) is 6.92 Å². The number of ether oxygens (including phenoxy) is 1. The maximum atomic E-state index is 13.3. The predicted octanol–water partition coefficient (Wildman–Crippen LogP) is 8.06. The third-order valence-corrected chi connectivity index (χ3v) is 8.08. The van der Waals surface area contributed by atoms with E-state index < -0.39 is 7.60 Å². The molecule has 0 saturated carbocycles. The van der Waals surface area contributed by atoms with Gasteiger partial charge in [0, 0.05) is 6.42 Å². The first-order valence-corrected chi connectivity index (χ1v) is 14.2. The van der Waals surface area contributed by atoms with Crippen molar-refractivity contribution in [3.63, 3.8) is 0 Å². The second kappa shape index (κ2) is 20.5. The zero-order chi connectivity index (χ0) is 22.5. The fourth-order valence-electron chi connectivity index (χ4n) is 3.82. The van der Waals surface area contributed by atoms with Gasteiger partial charge in [-0.2, -0.15) is 0 Å². The highest BCUT2D eigenvalue weighted by Gasteiger charge is 2.34. The van der Waals surface area contributed by atoms with Crippen LogP contribution in [0.2, 0.25) is 0 Å². The van der Waals surface area contributed by atoms with Gasteiger partial charge in [-0.3, -0.25) is 9.36 Å². The van der Waals surface area contributed by atoms with Gasteiger partial charge in [-0.1, -0.05) is 77.6 Å². The summed E-state index contributed by atoms with van der Waals surface area (Å²) in [6.07, 6.45) is 16.3. The highest BCUT2D eigenvalue weighted by atomic mass is 31.2. The van der Waals surface area contributed by atoms with Gasteiger partial charge >= 0.3 is 13.6 Å². The lowest BCUT2D eigenvalue weighted by molar-refractivity contribution is -0.143. The van der Waals surface area contributed by atoms with Crippen LogP contribution in [0, 0.1) is 0 Å². The molecule has 0 bridgehead atoms. The third-order valence-electron chi connectivity index (χ3n) is 5.43. The molecule has 0 fully saturated rings. The second-order valence-corrected chi connectivity index (χ2v) is 10.4. The van der Waals surface area contributed by atoms with Gasteiger partial charge in [-0.15, -0.1) is 0 Å². The van der Waals surface area contributed by atoms with Crippen molar-refractivity contribution in [3.8, 4) is 0 Å². The minimum Gasteiger partial charge on any atom is -0.466 e. The molecule has 0 aromatic carbocycles. The number of hydrogen-bond donors (Lipinski definition) is 0. The Bertz CT molecular complexity index is 431. The van der Waals surface area contributed by atoms with Gasteiger partial charge in [0.05, 0.1) is 25.5 Å². The molecule has 0 spiro atoms. The van der Waals surface area contributed by atoms with Crippen LogP contribution < -0.4 is 0 Å². The lowest BCUT2D eigenvalue weighted by atomic mass is 10.0. The van der Waals surface area contributed by atoms with Gasteiger partial charge in [-0.25, -0.2) is 0 Å². The number of esters is 1. The highest BCUT2D eigenvalue weighted by Crippen LogP contribution is 2.56. The predicted molar refractivity (Wildman–Crippen MR) is 126 cm³/mol. The van der Waals surface area contributed by atoms with Gasteiger partial charge in [0.15, 0.2) is 0 Å². The van der Waals surface area contributed by atoms with E-state index in [-0.39, 0.29) is 11.6 Å². The van der Waals surface area contributed by atoms with E-state index in [1.165, 1.54) is 38.5 Å². The van der Waals surface area contributed by atoms with Crippen molar-refractivity contribution in [1.82, 2.24) is 0 Å². The van der Waals surface area contributed by atoms with Crippen molar-refractivity contribution in [3.05, 3.63) is 0 Å². The topological polar surface area (TPSA) is 61.8 Å². The third kappa shape index (κ3) is 15.4. The number of carbonyl (C=O) groups is 1. The average molecular weight is 449 g/mol. The summed E-state index contributed by atoms with van der Waals surface area (Å²) in [5.41, 5.74) is 0.00701. The number of carbonyl (C=O) groups excluding carboxylic acids is 1. The minimum atomic E-state index is -3.04. The Kier molecular flexibility index (Phi) is 20.3. The summed E-state index contributed by atoms with van der Waals surface area (Å²) < 4.78 is 29.6. The Morgan fingerprint density at radius 3 is 1.60 bits per heavy atom. The molecule has 0 amide bonds. The molecule has 6 heteroatoms. The minimum absolute atomic E-state index is 0.00701. The molecule has 0 saturated heterocycles. The van der Waals surface area contributed by atoms with Crippen LogP contribution in [-0.2, 0) is 23.1 Å². The second-order valence-electron chi connectivity index (χ2n) is 8.05. The van der Waals surface area contributed by atoms with Gasteiger partial charge in [0.2, 0.25) is 0 Å². The molecular formula is C24H49O5P. The molecule has 0 heterocycles. The van der Waals surface area contributed by atoms with Crippen LogP contribution in [0.4, 0.5) is 0 Å². The monoisotopic (exact) mass is 448 g/mol. The summed E-state index contributed by atoms with van der Waals surface area (Å²) in [5, 5.41) is 0. The number of hydrogen-bond acceptors (Lipinski definition) is 5. The fraction of sp³-hybridized carbons (Fsp3) is 0.958. The van der Waals surface area contributed by atoms with E-state index in [0.717, 1.165) is 51.4 Å². The molecular weight excluding hydrogens is 399 g/mol. The molecule has 5 nitrogen and oxygen atoms in total. The molecule has 0 aliphatic rings. The SMILES string of the molecule is CCCCCCCCCC(CCCCCCCC(=O)OCC)P(=O)(OCC)OCC. The highest BCUT2D eigenvalue weighted by molar-refractivity contribution is 7.54. The Labute approximate surface area is 186 Å². The Hall–Kier alpha value is -0.380. The number of unbranched alkanes of at least 4 members (excludes halogenated alkanes) is 10. The van der Waals surface area contributed by atoms with E-state index in [1.54, 1.807) is 0 Å². The summed E-state index contributed by atoms with van der Waals surface area (Å²) in [7, 11) is -3.04. The van der Waals surface area contributed by atoms with Gasteiger partial charge in [-0.05, 0) is 40.0 Å². The van der Waals surface area contributed by atoms with Crippen LogP contribution in [0.3, 0.4) is 0 Å².